The fourth-order valence-electron chi connectivity index (χ4n) is 4.15. The lowest BCUT2D eigenvalue weighted by molar-refractivity contribution is -0.124. The number of esters is 1. The van der Waals surface area contributed by atoms with E-state index in [1.165, 1.54) is 7.11 Å². The van der Waals surface area contributed by atoms with Crippen molar-refractivity contribution in [2.75, 3.05) is 37.5 Å². The van der Waals surface area contributed by atoms with Crippen molar-refractivity contribution in [3.05, 3.63) is 53.9 Å². The van der Waals surface area contributed by atoms with E-state index in [9.17, 15) is 14.7 Å². The van der Waals surface area contributed by atoms with Gasteiger partial charge in [-0.25, -0.2) is 9.78 Å². The van der Waals surface area contributed by atoms with E-state index in [-0.39, 0.29) is 24.8 Å². The van der Waals surface area contributed by atoms with Crippen LogP contribution in [0.2, 0.25) is 0 Å². The minimum Gasteiger partial charge on any atom is -0.464 e. The molecular formula is C25H30N4O6. The van der Waals surface area contributed by atoms with Gasteiger partial charge in [-0.1, -0.05) is 30.3 Å². The molecule has 1 amide bonds. The summed E-state index contributed by atoms with van der Waals surface area (Å²) in [5.74, 6) is -0.923. The molecule has 1 aliphatic rings. The first-order valence-electron chi connectivity index (χ1n) is 11.6. The Morgan fingerprint density at radius 3 is 2.80 bits per heavy atom. The molecule has 0 spiro atoms. The van der Waals surface area contributed by atoms with Gasteiger partial charge in [0.05, 0.1) is 37.4 Å². The molecule has 1 aromatic carbocycles. The molecule has 35 heavy (non-hydrogen) atoms. The average Bonchev–Trinajstić information content (AvgIpc) is 3.53. The molecule has 0 aliphatic carbocycles. The van der Waals surface area contributed by atoms with Crippen LogP contribution in [0.1, 0.15) is 28.9 Å². The van der Waals surface area contributed by atoms with Crippen molar-refractivity contribution in [3.63, 3.8) is 0 Å². The summed E-state index contributed by atoms with van der Waals surface area (Å²) in [6, 6.07) is 11.6. The Morgan fingerprint density at radius 1 is 1.31 bits per heavy atom. The van der Waals surface area contributed by atoms with Gasteiger partial charge in [0, 0.05) is 25.1 Å². The van der Waals surface area contributed by atoms with E-state index < -0.39 is 18.2 Å². The lowest BCUT2D eigenvalue weighted by atomic mass is 10.1. The third-order valence-corrected chi connectivity index (χ3v) is 5.97. The first kappa shape index (κ1) is 24.6. The Bertz CT molecular complexity index is 1170. The molecule has 0 unspecified atom stereocenters. The Labute approximate surface area is 202 Å². The number of amides is 1. The molecule has 10 heteroatoms. The number of aliphatic hydroxyl groups excluding tert-OH is 2. The Kier molecular flexibility index (Phi) is 7.96. The van der Waals surface area contributed by atoms with Crippen molar-refractivity contribution in [1.82, 2.24) is 9.55 Å². The van der Waals surface area contributed by atoms with E-state index in [4.69, 9.17) is 14.6 Å². The first-order valence-corrected chi connectivity index (χ1v) is 11.6. The van der Waals surface area contributed by atoms with Crippen LogP contribution in [-0.2, 0) is 27.2 Å². The van der Waals surface area contributed by atoms with Crippen LogP contribution in [0.25, 0.3) is 11.0 Å². The van der Waals surface area contributed by atoms with Crippen LogP contribution in [0.4, 0.5) is 11.4 Å². The van der Waals surface area contributed by atoms with Crippen LogP contribution in [0.5, 0.6) is 0 Å². The maximum absolute atomic E-state index is 13.0. The zero-order valence-corrected chi connectivity index (χ0v) is 19.6. The predicted octanol–water partition coefficient (Wildman–Crippen LogP) is 1.95. The Balaban J connectivity index is 1.76. The van der Waals surface area contributed by atoms with Crippen LogP contribution in [0.15, 0.2) is 42.6 Å². The lowest BCUT2D eigenvalue weighted by Gasteiger charge is -2.13. The molecule has 0 bridgehead atoms. The summed E-state index contributed by atoms with van der Waals surface area (Å²) < 4.78 is 12.4. The van der Waals surface area contributed by atoms with E-state index in [2.05, 4.69) is 15.6 Å². The smallest absolute Gasteiger partial charge is 0.356 e. The number of pyridine rings is 1. The molecule has 2 aromatic heterocycles. The van der Waals surface area contributed by atoms with Gasteiger partial charge in [0.1, 0.15) is 11.8 Å². The first-order chi connectivity index (χ1) is 17.0. The van der Waals surface area contributed by atoms with E-state index >= 15 is 0 Å². The molecule has 1 aliphatic heterocycles. The number of hydrogen-bond donors (Lipinski definition) is 4. The van der Waals surface area contributed by atoms with Gasteiger partial charge in [-0.05, 0) is 30.9 Å². The highest BCUT2D eigenvalue weighted by Crippen LogP contribution is 2.33. The molecule has 0 saturated carbocycles. The van der Waals surface area contributed by atoms with Crippen molar-refractivity contribution in [2.45, 2.75) is 38.0 Å². The topological polar surface area (TPSA) is 135 Å². The van der Waals surface area contributed by atoms with Gasteiger partial charge in [0.15, 0.2) is 5.69 Å². The summed E-state index contributed by atoms with van der Waals surface area (Å²) in [6.07, 6.45) is 2.10. The number of aliphatic hydroxyl groups is 2. The predicted molar refractivity (Wildman–Crippen MR) is 130 cm³/mol. The highest BCUT2D eigenvalue weighted by Gasteiger charge is 2.30. The number of ether oxygens (including phenoxy) is 2. The summed E-state index contributed by atoms with van der Waals surface area (Å²) in [5.41, 5.74) is 2.67. The van der Waals surface area contributed by atoms with Gasteiger partial charge >= 0.3 is 5.97 Å². The largest absolute Gasteiger partial charge is 0.464 e. The summed E-state index contributed by atoms with van der Waals surface area (Å²) >= 11 is 0. The number of methoxy groups -OCH3 is 1. The number of fused-ring (bicyclic) bond motifs is 1. The number of rotatable bonds is 10. The van der Waals surface area contributed by atoms with Crippen molar-refractivity contribution in [3.8, 4) is 0 Å². The zero-order chi connectivity index (χ0) is 24.8. The van der Waals surface area contributed by atoms with Crippen LogP contribution in [0, 0.1) is 0 Å². The summed E-state index contributed by atoms with van der Waals surface area (Å²) in [6.45, 7) is 0.681. The van der Waals surface area contributed by atoms with Crippen molar-refractivity contribution in [2.24, 2.45) is 0 Å². The third-order valence-electron chi connectivity index (χ3n) is 5.97. The maximum Gasteiger partial charge on any atom is 0.356 e. The molecule has 10 nitrogen and oxygen atoms in total. The summed E-state index contributed by atoms with van der Waals surface area (Å²) in [4.78, 5) is 30.5. The normalized spacial score (nSPS) is 16.3. The fraction of sp³-hybridized carbons (Fsp3) is 0.400. The number of carbonyl (C=O) groups is 2. The molecule has 1 saturated heterocycles. The Hall–Kier alpha value is -3.47. The zero-order valence-electron chi connectivity index (χ0n) is 19.6. The van der Waals surface area contributed by atoms with E-state index in [1.54, 1.807) is 16.8 Å². The Morgan fingerprint density at radius 2 is 2.11 bits per heavy atom. The quantitative estimate of drug-likeness (QED) is 0.322. The van der Waals surface area contributed by atoms with Gasteiger partial charge in [-0.3, -0.25) is 4.79 Å². The lowest BCUT2D eigenvalue weighted by Crippen LogP contribution is -2.28. The van der Waals surface area contributed by atoms with Gasteiger partial charge < -0.3 is 34.9 Å². The molecule has 4 N–H and O–H groups in total. The minimum absolute atomic E-state index is 0.111. The van der Waals surface area contributed by atoms with Crippen LogP contribution in [-0.4, -0.2) is 70.7 Å². The second kappa shape index (κ2) is 11.3. The number of aryl methyl sites for hydroxylation is 2. The number of carbonyl (C=O) groups excluding carboxylic acids is 2. The van der Waals surface area contributed by atoms with Gasteiger partial charge in [0.25, 0.3) is 5.91 Å². The highest BCUT2D eigenvalue weighted by molar-refractivity contribution is 6.12. The molecular weight excluding hydrogens is 452 g/mol. The van der Waals surface area contributed by atoms with Gasteiger partial charge in [-0.2, -0.15) is 0 Å². The standard InChI is InChI=1S/C25H30N4O6/c1-34-25(33)22-21(28-24(32)20-8-5-11-35-20)19-12-17(26-14-18(31)15-30)13-27-23(19)29(22)10-9-16-6-3-2-4-7-16/h2-4,6-7,12-13,18,20,26,30-31H,5,8-11,14-15H2,1H3,(H,28,32)/t18-,20+/m0/s1. The number of hydrogen-bond acceptors (Lipinski definition) is 8. The SMILES string of the molecule is COC(=O)c1c(NC(=O)[C@H]2CCCO2)c2cc(NC[C@H](O)CO)cnc2n1CCc1ccccc1. The van der Waals surface area contributed by atoms with Gasteiger partial charge in [-0.15, -0.1) is 0 Å². The molecule has 4 rings (SSSR count). The van der Waals surface area contributed by atoms with Gasteiger partial charge in [0.2, 0.25) is 0 Å². The second-order valence-electron chi connectivity index (χ2n) is 8.41. The number of benzene rings is 1. The maximum atomic E-state index is 13.0. The number of nitrogens with zero attached hydrogens (tertiary/aromatic N) is 2. The third kappa shape index (κ3) is 5.61. The minimum atomic E-state index is -0.939. The van der Waals surface area contributed by atoms with Crippen LogP contribution < -0.4 is 10.6 Å². The molecule has 3 aromatic rings. The monoisotopic (exact) mass is 482 g/mol. The number of aromatic nitrogens is 2. The van der Waals surface area contributed by atoms with Crippen molar-refractivity contribution >= 4 is 34.3 Å². The van der Waals surface area contributed by atoms with Crippen molar-refractivity contribution in [1.29, 1.82) is 0 Å². The summed E-state index contributed by atoms with van der Waals surface area (Å²) in [7, 11) is 1.30. The van der Waals surface area contributed by atoms with Crippen LogP contribution >= 0.6 is 0 Å². The molecule has 3 heterocycles. The summed E-state index contributed by atoms with van der Waals surface area (Å²) in [5, 5.41) is 25.2. The van der Waals surface area contributed by atoms with E-state index in [0.29, 0.717) is 48.4 Å². The van der Waals surface area contributed by atoms with E-state index in [0.717, 1.165) is 12.0 Å². The second-order valence-corrected chi connectivity index (χ2v) is 8.41. The number of nitrogens with one attached hydrogen (secondary N) is 2. The fourth-order valence-corrected chi connectivity index (χ4v) is 4.15. The molecule has 0 radical (unpaired) electrons. The van der Waals surface area contributed by atoms with Crippen molar-refractivity contribution < 1.29 is 29.3 Å². The molecule has 1 fully saturated rings. The van der Waals surface area contributed by atoms with E-state index in [1.807, 2.05) is 30.3 Å². The average molecular weight is 483 g/mol. The molecule has 2 atom stereocenters. The number of anilines is 2. The molecule has 186 valence electrons. The highest BCUT2D eigenvalue weighted by atomic mass is 16.5. The van der Waals surface area contributed by atoms with Crippen LogP contribution in [0.3, 0.4) is 0 Å².